The highest BCUT2D eigenvalue weighted by Gasteiger charge is 2.15. The Morgan fingerprint density at radius 2 is 1.93 bits per heavy atom. The highest BCUT2D eigenvalue weighted by Crippen LogP contribution is 2.24. The summed E-state index contributed by atoms with van der Waals surface area (Å²) in [6, 6.07) is 13.6. The number of nitrogens with two attached hydrogens (primary N) is 1. The van der Waals surface area contributed by atoms with Crippen molar-refractivity contribution in [2.24, 2.45) is 0 Å². The fraction of sp³-hybridized carbons (Fsp3) is 0.286. The lowest BCUT2D eigenvalue weighted by atomic mass is 9.87. The largest absolute Gasteiger partial charge is 0.486 e. The Bertz CT molecular complexity index is 1010. The smallest absolute Gasteiger partial charge is 0.234 e. The van der Waals surface area contributed by atoms with E-state index in [1.54, 1.807) is 6.07 Å². The molecular formula is C21H24FN5O2S. The molecule has 2 aromatic carbocycles. The van der Waals surface area contributed by atoms with Crippen LogP contribution < -0.4 is 15.9 Å². The maximum Gasteiger partial charge on any atom is 0.234 e. The van der Waals surface area contributed by atoms with Crippen molar-refractivity contribution < 1.29 is 13.9 Å². The number of thioether (sulfide) groups is 1. The zero-order valence-electron chi connectivity index (χ0n) is 17.1. The molecule has 30 heavy (non-hydrogen) atoms. The summed E-state index contributed by atoms with van der Waals surface area (Å²) in [4.78, 5) is 12.0. The quantitative estimate of drug-likeness (QED) is 0.439. The third kappa shape index (κ3) is 5.73. The molecule has 7 nitrogen and oxygen atoms in total. The van der Waals surface area contributed by atoms with Crippen LogP contribution in [0.3, 0.4) is 0 Å². The highest BCUT2D eigenvalue weighted by molar-refractivity contribution is 7.99. The number of carbonyl (C=O) groups excluding carboxylic acids is 1. The molecular weight excluding hydrogens is 405 g/mol. The summed E-state index contributed by atoms with van der Waals surface area (Å²) < 4.78 is 20.2. The van der Waals surface area contributed by atoms with Crippen molar-refractivity contribution in [3.8, 4) is 5.75 Å². The number of benzene rings is 2. The highest BCUT2D eigenvalue weighted by atomic mass is 32.2. The standard InChI is InChI=1S/C21H24FN5O2S/c1-21(2,3)14-7-9-17(10-8-14)29-12-18-25-26-20(27(18)23)30-13-19(28)24-16-6-4-5-15(22)11-16/h4-11H,12-13,23H2,1-3H3,(H,24,28). The zero-order chi connectivity index (χ0) is 21.7. The first-order valence-corrected chi connectivity index (χ1v) is 10.3. The molecule has 1 heterocycles. The number of nitrogens with one attached hydrogen (secondary N) is 1. The molecule has 0 bridgehead atoms. The number of hydrogen-bond acceptors (Lipinski definition) is 6. The molecule has 0 atom stereocenters. The van der Waals surface area contributed by atoms with Gasteiger partial charge >= 0.3 is 0 Å². The molecule has 0 aliphatic rings. The number of anilines is 1. The van der Waals surface area contributed by atoms with Crippen LogP contribution in [0, 0.1) is 5.82 Å². The van der Waals surface area contributed by atoms with Crippen molar-refractivity contribution in [1.82, 2.24) is 14.9 Å². The van der Waals surface area contributed by atoms with Gasteiger partial charge in [-0.25, -0.2) is 9.07 Å². The van der Waals surface area contributed by atoms with E-state index in [1.165, 1.54) is 28.4 Å². The van der Waals surface area contributed by atoms with Gasteiger partial charge in [0.25, 0.3) is 0 Å². The molecule has 1 amide bonds. The minimum atomic E-state index is -0.417. The van der Waals surface area contributed by atoms with E-state index in [9.17, 15) is 9.18 Å². The third-order valence-electron chi connectivity index (χ3n) is 4.26. The molecule has 0 fully saturated rings. The lowest BCUT2D eigenvalue weighted by molar-refractivity contribution is -0.113. The lowest BCUT2D eigenvalue weighted by Crippen LogP contribution is -2.18. The van der Waals surface area contributed by atoms with Gasteiger partial charge in [-0.05, 0) is 41.3 Å². The van der Waals surface area contributed by atoms with E-state index >= 15 is 0 Å². The molecule has 158 valence electrons. The molecule has 0 radical (unpaired) electrons. The number of rotatable bonds is 7. The Morgan fingerprint density at radius 3 is 2.60 bits per heavy atom. The number of hydrogen-bond donors (Lipinski definition) is 2. The monoisotopic (exact) mass is 429 g/mol. The van der Waals surface area contributed by atoms with E-state index in [0.29, 0.717) is 22.4 Å². The van der Waals surface area contributed by atoms with Crippen LogP contribution in [0.4, 0.5) is 10.1 Å². The first kappa shape index (κ1) is 21.6. The van der Waals surface area contributed by atoms with Crippen molar-refractivity contribution in [2.45, 2.75) is 37.9 Å². The first-order chi connectivity index (χ1) is 14.2. The van der Waals surface area contributed by atoms with Crippen LogP contribution in [0.1, 0.15) is 32.2 Å². The zero-order valence-corrected chi connectivity index (χ0v) is 17.9. The normalized spacial score (nSPS) is 11.3. The van der Waals surface area contributed by atoms with Crippen molar-refractivity contribution in [3.63, 3.8) is 0 Å². The van der Waals surface area contributed by atoms with E-state index in [0.717, 1.165) is 11.8 Å². The van der Waals surface area contributed by atoms with E-state index in [4.69, 9.17) is 10.6 Å². The summed E-state index contributed by atoms with van der Waals surface area (Å²) in [5.74, 6) is 6.49. The molecule has 0 unspecified atom stereocenters. The maximum atomic E-state index is 13.2. The molecule has 3 aromatic rings. The second kappa shape index (κ2) is 9.17. The Kier molecular flexibility index (Phi) is 6.61. The average molecular weight is 430 g/mol. The number of nitrogens with zero attached hydrogens (tertiary/aromatic N) is 3. The van der Waals surface area contributed by atoms with Crippen molar-refractivity contribution in [1.29, 1.82) is 0 Å². The average Bonchev–Trinajstić information content (AvgIpc) is 3.04. The number of nitrogen functional groups attached to an aromatic ring is 1. The Hall–Kier alpha value is -3.07. The fourth-order valence-electron chi connectivity index (χ4n) is 2.60. The summed E-state index contributed by atoms with van der Waals surface area (Å²) in [6.07, 6.45) is 0. The number of aromatic nitrogens is 3. The molecule has 0 spiro atoms. The van der Waals surface area contributed by atoms with Gasteiger partial charge in [0.2, 0.25) is 11.1 Å². The van der Waals surface area contributed by atoms with Gasteiger partial charge in [-0.15, -0.1) is 10.2 Å². The molecule has 0 aliphatic carbocycles. The summed E-state index contributed by atoms with van der Waals surface area (Å²) in [5.41, 5.74) is 1.68. The molecule has 3 rings (SSSR count). The summed E-state index contributed by atoms with van der Waals surface area (Å²) in [6.45, 7) is 6.60. The summed E-state index contributed by atoms with van der Waals surface area (Å²) in [5, 5.41) is 11.0. The van der Waals surface area contributed by atoms with Crippen LogP contribution in [-0.2, 0) is 16.8 Å². The van der Waals surface area contributed by atoms with Gasteiger partial charge in [0.1, 0.15) is 18.2 Å². The minimum absolute atomic E-state index is 0.0565. The van der Waals surface area contributed by atoms with Crippen LogP contribution >= 0.6 is 11.8 Å². The number of amides is 1. The lowest BCUT2D eigenvalue weighted by Gasteiger charge is -2.19. The second-order valence-corrected chi connectivity index (χ2v) is 8.62. The second-order valence-electron chi connectivity index (χ2n) is 7.68. The van der Waals surface area contributed by atoms with Gasteiger partial charge in [-0.1, -0.05) is 50.7 Å². The van der Waals surface area contributed by atoms with E-state index in [2.05, 4.69) is 36.3 Å². The van der Waals surface area contributed by atoms with Crippen molar-refractivity contribution in [3.05, 3.63) is 65.7 Å². The van der Waals surface area contributed by atoms with E-state index in [-0.39, 0.29) is 23.7 Å². The number of carbonyl (C=O) groups is 1. The van der Waals surface area contributed by atoms with E-state index in [1.807, 2.05) is 24.3 Å². The van der Waals surface area contributed by atoms with Gasteiger partial charge in [0, 0.05) is 5.69 Å². The predicted molar refractivity (Wildman–Crippen MR) is 115 cm³/mol. The third-order valence-corrected chi connectivity index (χ3v) is 5.21. The van der Waals surface area contributed by atoms with Crippen LogP contribution in [0.5, 0.6) is 5.75 Å². The summed E-state index contributed by atoms with van der Waals surface area (Å²) >= 11 is 1.13. The van der Waals surface area contributed by atoms with Gasteiger partial charge in [0.05, 0.1) is 5.75 Å². The molecule has 3 N–H and O–H groups in total. The van der Waals surface area contributed by atoms with Crippen LogP contribution in [0.15, 0.2) is 53.7 Å². The number of ether oxygens (including phenoxy) is 1. The van der Waals surface area contributed by atoms with Crippen LogP contribution in [0.25, 0.3) is 0 Å². The molecule has 0 aliphatic heterocycles. The van der Waals surface area contributed by atoms with Gasteiger partial charge in [0.15, 0.2) is 5.82 Å². The van der Waals surface area contributed by atoms with Crippen molar-refractivity contribution >= 4 is 23.4 Å². The Balaban J connectivity index is 1.52. The Morgan fingerprint density at radius 1 is 1.20 bits per heavy atom. The van der Waals surface area contributed by atoms with Crippen LogP contribution in [-0.4, -0.2) is 26.5 Å². The fourth-order valence-corrected chi connectivity index (χ4v) is 3.27. The van der Waals surface area contributed by atoms with Gasteiger partial charge in [-0.2, -0.15) is 0 Å². The van der Waals surface area contributed by atoms with Crippen LogP contribution in [0.2, 0.25) is 0 Å². The molecule has 9 heteroatoms. The molecule has 1 aromatic heterocycles. The SMILES string of the molecule is CC(C)(C)c1ccc(OCc2nnc(SCC(=O)Nc3cccc(F)c3)n2N)cc1. The maximum absolute atomic E-state index is 13.2. The molecule has 0 saturated carbocycles. The first-order valence-electron chi connectivity index (χ1n) is 9.33. The Labute approximate surface area is 178 Å². The molecule has 0 saturated heterocycles. The summed E-state index contributed by atoms with van der Waals surface area (Å²) in [7, 11) is 0. The van der Waals surface area contributed by atoms with Gasteiger partial charge < -0.3 is 15.9 Å². The predicted octanol–water partition coefficient (Wildman–Crippen LogP) is 3.74. The van der Waals surface area contributed by atoms with E-state index < -0.39 is 5.82 Å². The topological polar surface area (TPSA) is 95.1 Å². The minimum Gasteiger partial charge on any atom is -0.486 e. The van der Waals surface area contributed by atoms with Crippen molar-refractivity contribution in [2.75, 3.05) is 16.9 Å². The van der Waals surface area contributed by atoms with Gasteiger partial charge in [-0.3, -0.25) is 4.79 Å². The number of halogens is 1.